The lowest BCUT2D eigenvalue weighted by Crippen LogP contribution is -2.17. The summed E-state index contributed by atoms with van der Waals surface area (Å²) in [4.78, 5) is 10.7. The Hall–Kier alpha value is -2.18. The third kappa shape index (κ3) is 4.00. The van der Waals surface area contributed by atoms with E-state index in [2.05, 4.69) is 11.3 Å². The molecule has 0 unspecified atom stereocenters. The number of ether oxygens (including phenoxy) is 2. The molecule has 0 bridgehead atoms. The Morgan fingerprint density at radius 2 is 1.94 bits per heavy atom. The van der Waals surface area contributed by atoms with Crippen LogP contribution in [0.2, 0.25) is 0 Å². The average Bonchev–Trinajstić information content (AvgIpc) is 2.17. The number of carbonyl (C=O) groups is 1. The van der Waals surface area contributed by atoms with E-state index in [1.807, 2.05) is 0 Å². The van der Waals surface area contributed by atoms with Crippen LogP contribution in [-0.2, 0) is 0 Å². The topological polar surface area (TPSA) is 55.8 Å². The number of rotatable bonds is 4. The van der Waals surface area contributed by atoms with Crippen LogP contribution in [0.25, 0.3) is 0 Å². The molecule has 0 amide bonds. The van der Waals surface area contributed by atoms with Gasteiger partial charge in [-0.15, -0.1) is 13.2 Å². The molecule has 0 saturated carbocycles. The maximum atomic E-state index is 12.1. The van der Waals surface area contributed by atoms with Gasteiger partial charge in [-0.05, 0) is 25.1 Å². The Morgan fingerprint density at radius 3 is 2.39 bits per heavy atom. The zero-order valence-electron chi connectivity index (χ0n) is 9.25. The number of hydrogen-bond acceptors (Lipinski definition) is 3. The summed E-state index contributed by atoms with van der Waals surface area (Å²) in [5.41, 5.74) is -0.222. The minimum atomic E-state index is -4.89. The fraction of sp³-hybridized carbons (Fsp3) is 0.182. The lowest BCUT2D eigenvalue weighted by atomic mass is 10.2. The fourth-order valence-corrected chi connectivity index (χ4v) is 1.12. The summed E-state index contributed by atoms with van der Waals surface area (Å²) in [6, 6.07) is 2.78. The summed E-state index contributed by atoms with van der Waals surface area (Å²) >= 11 is 0. The van der Waals surface area contributed by atoms with E-state index in [-0.39, 0.29) is 17.1 Å². The molecule has 4 nitrogen and oxygen atoms in total. The van der Waals surface area contributed by atoms with Gasteiger partial charge in [-0.25, -0.2) is 4.79 Å². The van der Waals surface area contributed by atoms with Gasteiger partial charge in [0, 0.05) is 0 Å². The van der Waals surface area contributed by atoms with Crippen LogP contribution in [0.4, 0.5) is 13.2 Å². The number of halogens is 3. The van der Waals surface area contributed by atoms with Crippen LogP contribution in [0, 0.1) is 0 Å². The molecule has 0 spiro atoms. The number of alkyl halides is 3. The van der Waals surface area contributed by atoms with Gasteiger partial charge in [0.2, 0.25) is 0 Å². The largest absolute Gasteiger partial charge is 0.573 e. The first-order valence-corrected chi connectivity index (χ1v) is 4.65. The van der Waals surface area contributed by atoms with Crippen LogP contribution in [-0.4, -0.2) is 17.4 Å². The molecule has 0 heterocycles. The fourth-order valence-electron chi connectivity index (χ4n) is 1.12. The number of aromatic carboxylic acids is 1. The number of hydrogen-bond donors (Lipinski definition) is 1. The monoisotopic (exact) mass is 262 g/mol. The van der Waals surface area contributed by atoms with Crippen molar-refractivity contribution in [1.29, 1.82) is 0 Å². The van der Waals surface area contributed by atoms with Gasteiger partial charge in [0.05, 0.1) is 11.3 Å². The molecule has 0 saturated heterocycles. The second kappa shape index (κ2) is 4.99. The van der Waals surface area contributed by atoms with Crippen molar-refractivity contribution >= 4 is 5.97 Å². The highest BCUT2D eigenvalue weighted by Gasteiger charge is 2.32. The molecule has 1 aromatic carbocycles. The second-order valence-corrected chi connectivity index (χ2v) is 3.32. The zero-order chi connectivity index (χ0) is 13.9. The van der Waals surface area contributed by atoms with Crippen LogP contribution in [0.15, 0.2) is 30.5 Å². The predicted octanol–water partition coefficient (Wildman–Crippen LogP) is 3.20. The van der Waals surface area contributed by atoms with Crippen LogP contribution >= 0.6 is 0 Å². The van der Waals surface area contributed by atoms with Crippen molar-refractivity contribution in [3.05, 3.63) is 36.1 Å². The Morgan fingerprint density at radius 1 is 1.33 bits per heavy atom. The normalized spacial score (nSPS) is 10.9. The van der Waals surface area contributed by atoms with Gasteiger partial charge in [0.15, 0.2) is 11.5 Å². The Bertz CT molecular complexity index is 480. The van der Waals surface area contributed by atoms with Crippen molar-refractivity contribution < 1.29 is 32.5 Å². The molecule has 1 N–H and O–H groups in total. The lowest BCUT2D eigenvalue weighted by Gasteiger charge is -2.14. The number of carboxylic acids is 1. The van der Waals surface area contributed by atoms with Crippen LogP contribution in [0.5, 0.6) is 11.5 Å². The van der Waals surface area contributed by atoms with E-state index < -0.39 is 18.1 Å². The van der Waals surface area contributed by atoms with Crippen molar-refractivity contribution in [2.24, 2.45) is 0 Å². The van der Waals surface area contributed by atoms with Crippen molar-refractivity contribution in [3.8, 4) is 11.5 Å². The Labute approximate surface area is 100 Å². The minimum absolute atomic E-state index is 0.101. The third-order valence-electron chi connectivity index (χ3n) is 1.70. The molecule has 1 aromatic rings. The highest BCUT2D eigenvalue weighted by Crippen LogP contribution is 2.34. The van der Waals surface area contributed by atoms with Gasteiger partial charge < -0.3 is 14.6 Å². The number of carboxylic acid groups (broad SMARTS) is 1. The molecule has 0 fully saturated rings. The Kier molecular flexibility index (Phi) is 3.85. The van der Waals surface area contributed by atoms with Gasteiger partial charge in [0.1, 0.15) is 0 Å². The van der Waals surface area contributed by atoms with E-state index in [0.29, 0.717) is 0 Å². The van der Waals surface area contributed by atoms with Crippen LogP contribution < -0.4 is 9.47 Å². The number of allylic oxidation sites excluding steroid dienone is 1. The summed E-state index contributed by atoms with van der Waals surface area (Å²) in [7, 11) is 0. The van der Waals surface area contributed by atoms with Crippen molar-refractivity contribution in [2.75, 3.05) is 0 Å². The first-order chi connectivity index (χ1) is 8.19. The van der Waals surface area contributed by atoms with Crippen molar-refractivity contribution in [2.45, 2.75) is 13.3 Å². The average molecular weight is 262 g/mol. The highest BCUT2D eigenvalue weighted by molar-refractivity contribution is 5.88. The maximum Gasteiger partial charge on any atom is 0.573 e. The van der Waals surface area contributed by atoms with E-state index in [1.54, 1.807) is 0 Å². The summed E-state index contributed by atoms with van der Waals surface area (Å²) in [5.74, 6) is -2.18. The van der Waals surface area contributed by atoms with Gasteiger partial charge in [-0.2, -0.15) is 0 Å². The molecule has 0 aliphatic rings. The van der Waals surface area contributed by atoms with Gasteiger partial charge in [0.25, 0.3) is 0 Å². The quantitative estimate of drug-likeness (QED) is 0.846. The van der Waals surface area contributed by atoms with Crippen LogP contribution in [0.3, 0.4) is 0 Å². The maximum absolute atomic E-state index is 12.1. The van der Waals surface area contributed by atoms with Crippen LogP contribution in [0.1, 0.15) is 17.3 Å². The summed E-state index contributed by atoms with van der Waals surface area (Å²) in [5, 5.41) is 8.73. The molecule has 0 aliphatic carbocycles. The minimum Gasteiger partial charge on any atom is -0.478 e. The standard InChI is InChI=1S/C11H9F3O4/c1-6(2)17-9-5-7(10(15)16)3-4-8(9)18-11(12,13)14/h3-5H,1H2,2H3,(H,15,16). The van der Waals surface area contributed by atoms with E-state index in [9.17, 15) is 18.0 Å². The molecule has 0 radical (unpaired) electrons. The molecule has 18 heavy (non-hydrogen) atoms. The summed E-state index contributed by atoms with van der Waals surface area (Å²) < 4.78 is 44.9. The second-order valence-electron chi connectivity index (χ2n) is 3.32. The molecule has 1 rings (SSSR count). The molecule has 0 aromatic heterocycles. The summed E-state index contributed by atoms with van der Waals surface area (Å²) in [6.07, 6.45) is -4.89. The van der Waals surface area contributed by atoms with E-state index in [0.717, 1.165) is 18.2 Å². The summed E-state index contributed by atoms with van der Waals surface area (Å²) in [6.45, 7) is 4.76. The van der Waals surface area contributed by atoms with Crippen molar-refractivity contribution in [3.63, 3.8) is 0 Å². The predicted molar refractivity (Wildman–Crippen MR) is 55.5 cm³/mol. The molecular weight excluding hydrogens is 253 g/mol. The zero-order valence-corrected chi connectivity index (χ0v) is 9.25. The molecule has 98 valence electrons. The third-order valence-corrected chi connectivity index (χ3v) is 1.70. The van der Waals surface area contributed by atoms with Gasteiger partial charge >= 0.3 is 12.3 Å². The number of benzene rings is 1. The SMILES string of the molecule is C=C(C)Oc1cc(C(=O)O)ccc1OC(F)(F)F. The molecule has 7 heteroatoms. The highest BCUT2D eigenvalue weighted by atomic mass is 19.4. The van der Waals surface area contributed by atoms with Gasteiger partial charge in [-0.3, -0.25) is 0 Å². The molecular formula is C11H9F3O4. The first kappa shape index (κ1) is 13.9. The van der Waals surface area contributed by atoms with Crippen molar-refractivity contribution in [1.82, 2.24) is 0 Å². The van der Waals surface area contributed by atoms with E-state index >= 15 is 0 Å². The van der Waals surface area contributed by atoms with E-state index in [1.165, 1.54) is 6.92 Å². The molecule has 0 aliphatic heterocycles. The Balaban J connectivity index is 3.16. The lowest BCUT2D eigenvalue weighted by molar-refractivity contribution is -0.275. The van der Waals surface area contributed by atoms with E-state index in [4.69, 9.17) is 9.84 Å². The first-order valence-electron chi connectivity index (χ1n) is 4.65. The smallest absolute Gasteiger partial charge is 0.478 e. The van der Waals surface area contributed by atoms with Gasteiger partial charge in [-0.1, -0.05) is 6.58 Å². The molecule has 0 atom stereocenters.